The first-order valence-electron chi connectivity index (χ1n) is 8.69. The average Bonchev–Trinajstić information content (AvgIpc) is 3.24. The van der Waals surface area contributed by atoms with Crippen molar-refractivity contribution in [3.63, 3.8) is 0 Å². The van der Waals surface area contributed by atoms with Gasteiger partial charge in [0.25, 0.3) is 5.91 Å². The number of rotatable bonds is 6. The molecule has 1 fully saturated rings. The minimum Gasteiger partial charge on any atom is -0.452 e. The van der Waals surface area contributed by atoms with Gasteiger partial charge in [0.2, 0.25) is 10.0 Å². The number of hydrogen-bond acceptors (Lipinski definition) is 5. The van der Waals surface area contributed by atoms with Crippen molar-refractivity contribution in [2.75, 3.05) is 25.0 Å². The second kappa shape index (κ2) is 8.85. The Bertz CT molecular complexity index is 987. The molecule has 2 aromatic carbocycles. The largest absolute Gasteiger partial charge is 0.452 e. The summed E-state index contributed by atoms with van der Waals surface area (Å²) in [6.07, 6.45) is 1.65. The van der Waals surface area contributed by atoms with Crippen LogP contribution in [0.4, 0.5) is 5.69 Å². The number of para-hydroxylation sites is 1. The molecule has 0 atom stereocenters. The Balaban J connectivity index is 1.63. The van der Waals surface area contributed by atoms with E-state index in [1.54, 1.807) is 18.2 Å². The minimum atomic E-state index is -3.63. The highest BCUT2D eigenvalue weighted by Gasteiger charge is 2.27. The Morgan fingerprint density at radius 3 is 2.50 bits per heavy atom. The standard InChI is InChI=1S/C19H19BrN2O5S/c20-16-8-1-2-9-17(16)21-18(23)13-27-19(24)14-6-5-7-15(12-14)28(25,26)22-10-3-4-11-22/h1-2,5-9,12H,3-4,10-11,13H2,(H,21,23). The number of nitrogens with zero attached hydrogens (tertiary/aromatic N) is 1. The molecule has 0 unspecified atom stereocenters. The minimum absolute atomic E-state index is 0.0431. The van der Waals surface area contributed by atoms with Gasteiger partial charge < -0.3 is 10.1 Å². The van der Waals surface area contributed by atoms with Crippen molar-refractivity contribution >= 4 is 43.5 Å². The molecule has 1 aliphatic heterocycles. The van der Waals surface area contributed by atoms with Gasteiger partial charge in [0.05, 0.1) is 16.1 Å². The number of sulfonamides is 1. The molecular formula is C19H19BrN2O5S. The quantitative estimate of drug-likeness (QED) is 0.660. The van der Waals surface area contributed by atoms with Crippen molar-refractivity contribution < 1.29 is 22.7 Å². The highest BCUT2D eigenvalue weighted by molar-refractivity contribution is 9.10. The first-order valence-corrected chi connectivity index (χ1v) is 10.9. The van der Waals surface area contributed by atoms with Crippen molar-refractivity contribution in [2.45, 2.75) is 17.7 Å². The lowest BCUT2D eigenvalue weighted by molar-refractivity contribution is -0.119. The maximum atomic E-state index is 12.6. The fraction of sp³-hybridized carbons (Fsp3) is 0.263. The Hall–Kier alpha value is -2.23. The topological polar surface area (TPSA) is 92.8 Å². The molecule has 1 amide bonds. The molecule has 9 heteroatoms. The third kappa shape index (κ3) is 4.78. The molecule has 1 N–H and O–H groups in total. The maximum absolute atomic E-state index is 12.6. The molecule has 3 rings (SSSR count). The van der Waals surface area contributed by atoms with Crippen molar-refractivity contribution in [2.24, 2.45) is 0 Å². The summed E-state index contributed by atoms with van der Waals surface area (Å²) in [4.78, 5) is 24.3. The smallest absolute Gasteiger partial charge is 0.338 e. The fourth-order valence-electron chi connectivity index (χ4n) is 2.82. The molecule has 1 aliphatic rings. The SMILES string of the molecule is O=C(COC(=O)c1cccc(S(=O)(=O)N2CCCC2)c1)Nc1ccccc1Br. The molecule has 0 saturated carbocycles. The lowest BCUT2D eigenvalue weighted by atomic mass is 10.2. The normalized spacial score (nSPS) is 14.6. The van der Waals surface area contributed by atoms with Crippen LogP contribution in [0.25, 0.3) is 0 Å². The summed E-state index contributed by atoms with van der Waals surface area (Å²) < 4.78 is 32.4. The van der Waals surface area contributed by atoms with Gasteiger partial charge in [-0.1, -0.05) is 18.2 Å². The van der Waals surface area contributed by atoms with Crippen LogP contribution in [0.15, 0.2) is 57.9 Å². The van der Waals surface area contributed by atoms with Gasteiger partial charge in [-0.25, -0.2) is 13.2 Å². The van der Waals surface area contributed by atoms with Crippen LogP contribution >= 0.6 is 15.9 Å². The lowest BCUT2D eigenvalue weighted by Crippen LogP contribution is -2.28. The van der Waals surface area contributed by atoms with Crippen molar-refractivity contribution in [1.29, 1.82) is 0 Å². The van der Waals surface area contributed by atoms with Gasteiger partial charge in [-0.15, -0.1) is 0 Å². The second-order valence-corrected chi connectivity index (χ2v) is 9.04. The zero-order valence-corrected chi connectivity index (χ0v) is 17.3. The molecule has 1 heterocycles. The number of anilines is 1. The van der Waals surface area contributed by atoms with E-state index in [9.17, 15) is 18.0 Å². The van der Waals surface area contributed by atoms with E-state index in [-0.39, 0.29) is 10.5 Å². The molecule has 0 radical (unpaired) electrons. The molecule has 28 heavy (non-hydrogen) atoms. The van der Waals surface area contributed by atoms with Crippen LogP contribution in [0.2, 0.25) is 0 Å². The summed E-state index contributed by atoms with van der Waals surface area (Å²) in [7, 11) is -3.63. The van der Waals surface area contributed by atoms with E-state index in [1.807, 2.05) is 6.07 Å². The van der Waals surface area contributed by atoms with Crippen LogP contribution < -0.4 is 5.32 Å². The first kappa shape index (κ1) is 20.5. The van der Waals surface area contributed by atoms with Crippen LogP contribution in [0.1, 0.15) is 23.2 Å². The maximum Gasteiger partial charge on any atom is 0.338 e. The summed E-state index contributed by atoms with van der Waals surface area (Å²) in [6, 6.07) is 12.7. The molecule has 2 aromatic rings. The molecule has 0 aliphatic carbocycles. The zero-order chi connectivity index (χ0) is 20.1. The van der Waals surface area contributed by atoms with Gasteiger partial charge in [-0.05, 0) is 59.1 Å². The summed E-state index contributed by atoms with van der Waals surface area (Å²) >= 11 is 3.31. The van der Waals surface area contributed by atoms with Crippen molar-refractivity contribution in [1.82, 2.24) is 4.31 Å². The van der Waals surface area contributed by atoms with Gasteiger partial charge >= 0.3 is 5.97 Å². The number of hydrogen-bond donors (Lipinski definition) is 1. The Morgan fingerprint density at radius 1 is 1.07 bits per heavy atom. The molecule has 0 spiro atoms. The Morgan fingerprint density at radius 2 is 1.79 bits per heavy atom. The van der Waals surface area contributed by atoms with Crippen LogP contribution in [-0.2, 0) is 19.6 Å². The van der Waals surface area contributed by atoms with E-state index in [2.05, 4.69) is 21.2 Å². The molecule has 148 valence electrons. The number of halogens is 1. The summed E-state index contributed by atoms with van der Waals surface area (Å²) in [6.45, 7) is 0.474. The second-order valence-electron chi connectivity index (χ2n) is 6.24. The van der Waals surface area contributed by atoms with Gasteiger partial charge in [0, 0.05) is 17.6 Å². The Kier molecular flexibility index (Phi) is 6.48. The number of carbonyl (C=O) groups is 2. The number of benzene rings is 2. The van der Waals surface area contributed by atoms with E-state index in [0.717, 1.165) is 12.8 Å². The average molecular weight is 467 g/mol. The highest BCUT2D eigenvalue weighted by Crippen LogP contribution is 2.22. The van der Waals surface area contributed by atoms with Gasteiger partial charge in [-0.3, -0.25) is 4.79 Å². The lowest BCUT2D eigenvalue weighted by Gasteiger charge is -2.15. The summed E-state index contributed by atoms with van der Waals surface area (Å²) in [5.74, 6) is -1.26. The molecule has 0 bridgehead atoms. The van der Waals surface area contributed by atoms with Gasteiger partial charge in [0.15, 0.2) is 6.61 Å². The van der Waals surface area contributed by atoms with Gasteiger partial charge in [-0.2, -0.15) is 4.31 Å². The van der Waals surface area contributed by atoms with Gasteiger partial charge in [0.1, 0.15) is 0 Å². The van der Waals surface area contributed by atoms with Crippen molar-refractivity contribution in [3.8, 4) is 0 Å². The monoisotopic (exact) mass is 466 g/mol. The Labute approximate surface area is 171 Å². The summed E-state index contributed by atoms with van der Waals surface area (Å²) in [5.41, 5.74) is 0.635. The van der Waals surface area contributed by atoms with E-state index < -0.39 is 28.5 Å². The van der Waals surface area contributed by atoms with E-state index in [1.165, 1.54) is 28.6 Å². The zero-order valence-electron chi connectivity index (χ0n) is 14.9. The molecule has 7 nitrogen and oxygen atoms in total. The van der Waals surface area contributed by atoms with Crippen LogP contribution in [0, 0.1) is 0 Å². The number of amides is 1. The number of ether oxygens (including phenoxy) is 1. The first-order chi connectivity index (χ1) is 13.4. The molecule has 1 saturated heterocycles. The predicted octanol–water partition coefficient (Wildman–Crippen LogP) is 3.03. The fourth-order valence-corrected chi connectivity index (χ4v) is 4.77. The molecular weight excluding hydrogens is 448 g/mol. The number of nitrogens with one attached hydrogen (secondary N) is 1. The van der Waals surface area contributed by atoms with E-state index >= 15 is 0 Å². The summed E-state index contributed by atoms with van der Waals surface area (Å²) in [5, 5.41) is 2.62. The van der Waals surface area contributed by atoms with Crippen LogP contribution in [0.3, 0.4) is 0 Å². The predicted molar refractivity (Wildman–Crippen MR) is 107 cm³/mol. The number of esters is 1. The van der Waals surface area contributed by atoms with Crippen LogP contribution in [-0.4, -0.2) is 44.3 Å². The third-order valence-corrected chi connectivity index (χ3v) is 6.84. The van der Waals surface area contributed by atoms with Crippen molar-refractivity contribution in [3.05, 3.63) is 58.6 Å². The molecule has 0 aromatic heterocycles. The van der Waals surface area contributed by atoms with E-state index in [4.69, 9.17) is 4.74 Å². The van der Waals surface area contributed by atoms with Crippen LogP contribution in [0.5, 0.6) is 0 Å². The van der Waals surface area contributed by atoms with E-state index in [0.29, 0.717) is 23.2 Å². The number of carbonyl (C=O) groups excluding carboxylic acids is 2. The highest BCUT2D eigenvalue weighted by atomic mass is 79.9. The third-order valence-electron chi connectivity index (χ3n) is 4.25.